The Labute approximate surface area is 201 Å². The van der Waals surface area contributed by atoms with Crippen LogP contribution in [0, 0.1) is 11.3 Å². The van der Waals surface area contributed by atoms with Gasteiger partial charge in [0.1, 0.15) is 24.1 Å². The summed E-state index contributed by atoms with van der Waals surface area (Å²) >= 11 is 0. The highest BCUT2D eigenvalue weighted by molar-refractivity contribution is 5.81. The molecule has 2 heterocycles. The van der Waals surface area contributed by atoms with E-state index in [9.17, 15) is 19.2 Å². The van der Waals surface area contributed by atoms with Crippen LogP contribution < -0.4 is 11.1 Å². The smallest absolute Gasteiger partial charge is 0.283 e. The summed E-state index contributed by atoms with van der Waals surface area (Å²) in [5, 5.41) is 4.58. The second-order valence-electron chi connectivity index (χ2n) is 9.71. The van der Waals surface area contributed by atoms with Gasteiger partial charge in [-0.05, 0) is 56.3 Å². The molecule has 0 aliphatic heterocycles. The third kappa shape index (κ3) is 11.5. The van der Waals surface area contributed by atoms with E-state index < -0.39 is 0 Å². The van der Waals surface area contributed by atoms with Gasteiger partial charge < -0.3 is 9.05 Å². The zero-order valence-electron chi connectivity index (χ0n) is 21.5. The molecule has 2 aromatic rings. The molecule has 8 heteroatoms. The Morgan fingerprint density at radius 3 is 1.88 bits per heavy atom. The number of Topliss-reactive ketones (excluding diaryl/α,β-unsaturated/α-hetero) is 2. The number of nitrogens with one attached hydrogen (secondary N) is 2. The van der Waals surface area contributed by atoms with E-state index in [1.165, 1.54) is 12.5 Å². The summed E-state index contributed by atoms with van der Waals surface area (Å²) in [6, 6.07) is 0. The number of aromatic amines is 2. The van der Waals surface area contributed by atoms with Gasteiger partial charge in [-0.25, -0.2) is 0 Å². The number of carbonyl (C=O) groups is 2. The van der Waals surface area contributed by atoms with E-state index in [-0.39, 0.29) is 28.1 Å². The van der Waals surface area contributed by atoms with Crippen LogP contribution in [0.2, 0.25) is 0 Å². The molecular formula is C26H42N2O6. The van der Waals surface area contributed by atoms with Crippen LogP contribution in [0.3, 0.4) is 0 Å². The maximum Gasteiger partial charge on any atom is 0.283 e. The molecule has 8 nitrogen and oxygen atoms in total. The second-order valence-corrected chi connectivity index (χ2v) is 9.71. The molecule has 0 spiro atoms. The normalized spacial score (nSPS) is 12.1. The number of hydrogen-bond donors (Lipinski definition) is 2. The first-order chi connectivity index (χ1) is 16.2. The first-order valence-corrected chi connectivity index (χ1v) is 12.5. The Morgan fingerprint density at radius 1 is 0.853 bits per heavy atom. The maximum absolute atomic E-state index is 12.1. The van der Waals surface area contributed by atoms with Crippen LogP contribution in [-0.4, -0.2) is 21.9 Å². The third-order valence-electron chi connectivity index (χ3n) is 5.90. The van der Waals surface area contributed by atoms with Crippen molar-refractivity contribution >= 4 is 11.6 Å². The van der Waals surface area contributed by atoms with Crippen LogP contribution in [0.15, 0.2) is 31.2 Å². The van der Waals surface area contributed by atoms with Crippen LogP contribution in [-0.2, 0) is 22.4 Å². The molecule has 0 saturated carbocycles. The quantitative estimate of drug-likeness (QED) is 0.334. The fraction of sp³-hybridized carbons (Fsp3) is 0.692. The van der Waals surface area contributed by atoms with Gasteiger partial charge in [-0.3, -0.25) is 19.2 Å². The summed E-state index contributed by atoms with van der Waals surface area (Å²) in [6.45, 7) is 10.2. The van der Waals surface area contributed by atoms with Gasteiger partial charge in [0.25, 0.3) is 11.1 Å². The number of carbonyl (C=O) groups excluding carboxylic acids is 2. The first kappa shape index (κ1) is 29.4. The minimum absolute atomic E-state index is 0.0879. The van der Waals surface area contributed by atoms with Gasteiger partial charge in [-0.15, -0.1) is 0 Å². The summed E-state index contributed by atoms with van der Waals surface area (Å²) < 4.78 is 9.61. The Hall–Kier alpha value is -2.64. The molecule has 0 bridgehead atoms. The maximum atomic E-state index is 12.1. The molecule has 0 fully saturated rings. The molecule has 0 aliphatic carbocycles. The van der Waals surface area contributed by atoms with Crippen molar-refractivity contribution in [1.82, 2.24) is 10.3 Å². The van der Waals surface area contributed by atoms with Crippen LogP contribution in [0.25, 0.3) is 0 Å². The Morgan fingerprint density at radius 2 is 1.35 bits per heavy atom. The molecule has 2 aromatic heterocycles. The fourth-order valence-corrected chi connectivity index (χ4v) is 4.04. The lowest BCUT2D eigenvalue weighted by Gasteiger charge is -2.23. The highest BCUT2D eigenvalue weighted by atomic mass is 16.5. The van der Waals surface area contributed by atoms with Gasteiger partial charge in [0.15, 0.2) is 0 Å². The van der Waals surface area contributed by atoms with Crippen molar-refractivity contribution in [3.05, 3.63) is 44.4 Å². The lowest BCUT2D eigenvalue weighted by atomic mass is 9.81. The van der Waals surface area contributed by atoms with Gasteiger partial charge in [0.05, 0.1) is 11.1 Å². The summed E-state index contributed by atoms with van der Waals surface area (Å²) in [6.07, 6.45) is 9.92. The number of rotatable bonds is 16. The molecule has 0 aromatic carbocycles. The predicted octanol–water partition coefficient (Wildman–Crippen LogP) is 5.37. The molecule has 1 atom stereocenters. The van der Waals surface area contributed by atoms with Crippen molar-refractivity contribution in [1.29, 1.82) is 0 Å². The van der Waals surface area contributed by atoms with Crippen molar-refractivity contribution in [2.75, 3.05) is 0 Å². The summed E-state index contributed by atoms with van der Waals surface area (Å²) in [5.74, 6) is 0.686. The molecule has 0 radical (unpaired) electrons. The lowest BCUT2D eigenvalue weighted by Crippen LogP contribution is -2.19. The zero-order chi connectivity index (χ0) is 25.6. The molecule has 0 amide bonds. The van der Waals surface area contributed by atoms with E-state index in [4.69, 9.17) is 9.05 Å². The topological polar surface area (TPSA) is 126 Å². The Balaban J connectivity index is 0.00000281. The van der Waals surface area contributed by atoms with E-state index in [1.54, 1.807) is 0 Å². The number of hydrogen-bond acceptors (Lipinski definition) is 6. The van der Waals surface area contributed by atoms with Crippen molar-refractivity contribution in [3.8, 4) is 0 Å². The fourth-order valence-electron chi connectivity index (χ4n) is 4.04. The molecule has 0 aliphatic rings. The Kier molecular flexibility index (Phi) is 13.2. The van der Waals surface area contributed by atoms with Crippen molar-refractivity contribution in [2.45, 2.75) is 105 Å². The second kappa shape index (κ2) is 15.3. The monoisotopic (exact) mass is 478 g/mol. The third-order valence-corrected chi connectivity index (χ3v) is 5.90. The molecule has 192 valence electrons. The molecule has 2 rings (SSSR count). The number of aromatic nitrogens is 2. The van der Waals surface area contributed by atoms with E-state index in [1.807, 2.05) is 13.8 Å². The molecule has 0 saturated heterocycles. The van der Waals surface area contributed by atoms with Crippen LogP contribution in [0.5, 0.6) is 0 Å². The minimum Gasteiger partial charge on any atom is -0.387 e. The van der Waals surface area contributed by atoms with Crippen molar-refractivity contribution in [2.24, 2.45) is 11.3 Å². The average Bonchev–Trinajstić information content (AvgIpc) is 3.36. The standard InChI is InChI=1S/C24H36N2O6.C2H6/c1-17(13-18-15-31-25-22(18)29)7-4-8-20(27)9-5-10-21(28)11-6-12-24(2,3)14-19-16-32-26-23(19)30;1-2/h15-17H,4-14H2,1-3H3,(H,25,29)(H,26,30);1-2H3. The zero-order valence-corrected chi connectivity index (χ0v) is 21.5. The van der Waals surface area contributed by atoms with E-state index in [0.29, 0.717) is 62.0 Å². The Bertz CT molecular complexity index is 962. The number of H-pyrrole nitrogens is 2. The minimum atomic E-state index is -0.193. The van der Waals surface area contributed by atoms with E-state index in [2.05, 4.69) is 31.1 Å². The van der Waals surface area contributed by atoms with Gasteiger partial charge in [-0.1, -0.05) is 34.6 Å². The van der Waals surface area contributed by atoms with Gasteiger partial charge in [0, 0.05) is 25.7 Å². The number of ketones is 2. The summed E-state index contributed by atoms with van der Waals surface area (Å²) in [7, 11) is 0. The average molecular weight is 479 g/mol. The molecule has 2 N–H and O–H groups in total. The van der Waals surface area contributed by atoms with Gasteiger partial charge in [0.2, 0.25) is 0 Å². The van der Waals surface area contributed by atoms with Gasteiger partial charge in [-0.2, -0.15) is 10.3 Å². The largest absolute Gasteiger partial charge is 0.387 e. The highest BCUT2D eigenvalue weighted by Gasteiger charge is 2.21. The van der Waals surface area contributed by atoms with Crippen LogP contribution in [0.4, 0.5) is 0 Å². The molecular weight excluding hydrogens is 436 g/mol. The van der Waals surface area contributed by atoms with E-state index in [0.717, 1.165) is 25.7 Å². The van der Waals surface area contributed by atoms with E-state index >= 15 is 0 Å². The first-order valence-electron chi connectivity index (χ1n) is 12.5. The molecule has 1 unspecified atom stereocenters. The predicted molar refractivity (Wildman–Crippen MR) is 132 cm³/mol. The summed E-state index contributed by atoms with van der Waals surface area (Å²) in [4.78, 5) is 47.3. The highest BCUT2D eigenvalue weighted by Crippen LogP contribution is 2.27. The van der Waals surface area contributed by atoms with Gasteiger partial charge >= 0.3 is 0 Å². The van der Waals surface area contributed by atoms with Crippen LogP contribution in [0.1, 0.15) is 104 Å². The van der Waals surface area contributed by atoms with Crippen LogP contribution >= 0.6 is 0 Å². The lowest BCUT2D eigenvalue weighted by molar-refractivity contribution is -0.120. The summed E-state index contributed by atoms with van der Waals surface area (Å²) in [5.41, 5.74) is 0.802. The van der Waals surface area contributed by atoms with Crippen molar-refractivity contribution in [3.63, 3.8) is 0 Å². The molecule has 34 heavy (non-hydrogen) atoms. The van der Waals surface area contributed by atoms with Crippen molar-refractivity contribution < 1.29 is 18.6 Å². The SMILES string of the molecule is CC.CC(CCCC(=O)CCCC(=O)CCCC(C)(C)Cc1co[nH]c1=O)Cc1co[nH]c1=O.